The number of Topliss-reactive ketones (excluding diaryl/α,β-unsaturated/α-hetero) is 1. The quantitative estimate of drug-likeness (QED) is 0.412. The highest BCUT2D eigenvalue weighted by atomic mass is 16.5. The van der Waals surface area contributed by atoms with Gasteiger partial charge in [0.05, 0.1) is 18.2 Å². The molecule has 6 heteroatoms. The summed E-state index contributed by atoms with van der Waals surface area (Å²) in [6, 6.07) is 15.6. The smallest absolute Gasteiger partial charge is 0.295 e. The van der Waals surface area contributed by atoms with E-state index in [2.05, 4.69) is 0 Å². The number of rotatable bonds is 8. The van der Waals surface area contributed by atoms with E-state index in [1.807, 2.05) is 56.3 Å². The van der Waals surface area contributed by atoms with Crippen LogP contribution >= 0.6 is 0 Å². The second-order valence-corrected chi connectivity index (χ2v) is 7.52. The molecular formula is C24H28N2O4. The Bertz CT molecular complexity index is 920. The normalized spacial score (nSPS) is 18.3. The van der Waals surface area contributed by atoms with Crippen molar-refractivity contribution in [2.75, 3.05) is 33.8 Å². The number of ketones is 1. The fourth-order valence-electron chi connectivity index (χ4n) is 3.68. The number of hydrogen-bond acceptors (Lipinski definition) is 5. The van der Waals surface area contributed by atoms with Crippen molar-refractivity contribution in [1.82, 2.24) is 9.80 Å². The van der Waals surface area contributed by atoms with Gasteiger partial charge in [0.15, 0.2) is 0 Å². The van der Waals surface area contributed by atoms with Gasteiger partial charge in [0.25, 0.3) is 11.7 Å². The Kier molecular flexibility index (Phi) is 6.90. The number of likely N-dealkylation sites (tertiary alicyclic amines) is 1. The van der Waals surface area contributed by atoms with E-state index < -0.39 is 17.7 Å². The molecule has 158 valence electrons. The van der Waals surface area contributed by atoms with Gasteiger partial charge < -0.3 is 19.6 Å². The number of benzene rings is 2. The van der Waals surface area contributed by atoms with Crippen molar-refractivity contribution < 1.29 is 19.4 Å². The number of hydrogen-bond donors (Lipinski definition) is 1. The Labute approximate surface area is 177 Å². The number of aliphatic hydroxyl groups excluding tert-OH is 1. The zero-order valence-electron chi connectivity index (χ0n) is 17.7. The van der Waals surface area contributed by atoms with Crippen LogP contribution in [0.3, 0.4) is 0 Å². The average Bonchev–Trinajstić information content (AvgIpc) is 2.99. The predicted molar refractivity (Wildman–Crippen MR) is 116 cm³/mol. The highest BCUT2D eigenvalue weighted by molar-refractivity contribution is 6.46. The summed E-state index contributed by atoms with van der Waals surface area (Å²) < 4.78 is 5.51. The summed E-state index contributed by atoms with van der Waals surface area (Å²) in [5.74, 6) is -0.665. The van der Waals surface area contributed by atoms with Gasteiger partial charge in [0, 0.05) is 12.1 Å². The Morgan fingerprint density at radius 3 is 2.33 bits per heavy atom. The van der Waals surface area contributed by atoms with Crippen LogP contribution < -0.4 is 4.74 Å². The number of amides is 1. The first-order valence-corrected chi connectivity index (χ1v) is 10.1. The maximum atomic E-state index is 12.9. The van der Waals surface area contributed by atoms with Gasteiger partial charge in [-0.2, -0.15) is 0 Å². The van der Waals surface area contributed by atoms with E-state index >= 15 is 0 Å². The maximum absolute atomic E-state index is 12.9. The van der Waals surface area contributed by atoms with Gasteiger partial charge in [-0.25, -0.2) is 0 Å². The molecule has 0 saturated carbocycles. The third-order valence-electron chi connectivity index (χ3n) is 5.10. The SMILES string of the molecule is CCOc1ccc([C@@H]2/C(=C(\O)c3ccccc3)C(=O)C(=O)N2CCCN(C)C)cc1. The van der Waals surface area contributed by atoms with Crippen molar-refractivity contribution in [3.8, 4) is 5.75 Å². The zero-order valence-corrected chi connectivity index (χ0v) is 17.7. The van der Waals surface area contributed by atoms with Crippen molar-refractivity contribution in [3.63, 3.8) is 0 Å². The van der Waals surface area contributed by atoms with Gasteiger partial charge in [-0.15, -0.1) is 0 Å². The van der Waals surface area contributed by atoms with Gasteiger partial charge >= 0.3 is 0 Å². The fraction of sp³-hybridized carbons (Fsp3) is 0.333. The molecule has 1 aliphatic rings. The molecule has 0 aliphatic carbocycles. The summed E-state index contributed by atoms with van der Waals surface area (Å²) >= 11 is 0. The van der Waals surface area contributed by atoms with Crippen LogP contribution in [0, 0.1) is 0 Å². The Hall–Kier alpha value is -3.12. The monoisotopic (exact) mass is 408 g/mol. The Morgan fingerprint density at radius 2 is 1.73 bits per heavy atom. The van der Waals surface area contributed by atoms with Crippen molar-refractivity contribution in [1.29, 1.82) is 0 Å². The number of carbonyl (C=O) groups excluding carboxylic acids is 2. The lowest BCUT2D eigenvalue weighted by molar-refractivity contribution is -0.139. The molecule has 0 radical (unpaired) electrons. The summed E-state index contributed by atoms with van der Waals surface area (Å²) in [5, 5.41) is 11.0. The largest absolute Gasteiger partial charge is 0.507 e. The highest BCUT2D eigenvalue weighted by Crippen LogP contribution is 2.39. The van der Waals surface area contributed by atoms with E-state index in [0.717, 1.165) is 18.5 Å². The van der Waals surface area contributed by atoms with Gasteiger partial charge in [-0.1, -0.05) is 42.5 Å². The first-order chi connectivity index (χ1) is 14.4. The molecule has 3 rings (SSSR count). The van der Waals surface area contributed by atoms with E-state index in [4.69, 9.17) is 4.74 Å². The molecule has 2 aromatic carbocycles. The molecule has 0 unspecified atom stereocenters. The third-order valence-corrected chi connectivity index (χ3v) is 5.10. The second kappa shape index (κ2) is 9.59. The number of carbonyl (C=O) groups is 2. The number of aliphatic hydroxyl groups is 1. The maximum Gasteiger partial charge on any atom is 0.295 e. The molecule has 30 heavy (non-hydrogen) atoms. The van der Waals surface area contributed by atoms with Crippen molar-refractivity contribution >= 4 is 17.4 Å². The van der Waals surface area contributed by atoms with E-state index in [0.29, 0.717) is 24.5 Å². The summed E-state index contributed by atoms with van der Waals surface area (Å²) in [7, 11) is 3.93. The van der Waals surface area contributed by atoms with Crippen LogP contribution in [0.5, 0.6) is 5.75 Å². The van der Waals surface area contributed by atoms with Gasteiger partial charge in [-0.3, -0.25) is 9.59 Å². The molecule has 1 N–H and O–H groups in total. The van der Waals surface area contributed by atoms with E-state index in [9.17, 15) is 14.7 Å². The van der Waals surface area contributed by atoms with Crippen LogP contribution in [0.4, 0.5) is 0 Å². The molecule has 1 fully saturated rings. The molecule has 1 atom stereocenters. The average molecular weight is 408 g/mol. The van der Waals surface area contributed by atoms with Gasteiger partial charge in [0.1, 0.15) is 11.5 Å². The predicted octanol–water partition coefficient (Wildman–Crippen LogP) is 3.46. The molecule has 0 aromatic heterocycles. The minimum Gasteiger partial charge on any atom is -0.507 e. The Balaban J connectivity index is 2.05. The molecular weight excluding hydrogens is 380 g/mol. The van der Waals surface area contributed by atoms with Crippen LogP contribution in [-0.4, -0.2) is 60.4 Å². The molecule has 1 amide bonds. The minimum atomic E-state index is -0.653. The summed E-state index contributed by atoms with van der Waals surface area (Å²) in [6.45, 7) is 3.67. The van der Waals surface area contributed by atoms with Crippen LogP contribution in [0.15, 0.2) is 60.2 Å². The first kappa shape index (κ1) is 21.6. The molecule has 2 aromatic rings. The minimum absolute atomic E-state index is 0.125. The molecule has 1 heterocycles. The molecule has 1 aliphatic heterocycles. The second-order valence-electron chi connectivity index (χ2n) is 7.52. The van der Waals surface area contributed by atoms with Crippen LogP contribution in [0.2, 0.25) is 0 Å². The topological polar surface area (TPSA) is 70.1 Å². The zero-order chi connectivity index (χ0) is 21.7. The third kappa shape index (κ3) is 4.54. The highest BCUT2D eigenvalue weighted by Gasteiger charge is 2.45. The van der Waals surface area contributed by atoms with Crippen LogP contribution in [0.1, 0.15) is 30.5 Å². The number of nitrogens with zero attached hydrogens (tertiary/aromatic N) is 2. The van der Waals surface area contributed by atoms with E-state index in [-0.39, 0.29) is 11.3 Å². The molecule has 0 spiro atoms. The molecule has 0 bridgehead atoms. The fourth-order valence-corrected chi connectivity index (χ4v) is 3.68. The lowest BCUT2D eigenvalue weighted by Gasteiger charge is -2.26. The lowest BCUT2D eigenvalue weighted by Crippen LogP contribution is -2.32. The first-order valence-electron chi connectivity index (χ1n) is 10.1. The van der Waals surface area contributed by atoms with E-state index in [1.54, 1.807) is 29.2 Å². The van der Waals surface area contributed by atoms with Gasteiger partial charge in [-0.05, 0) is 51.7 Å². The van der Waals surface area contributed by atoms with E-state index in [1.165, 1.54) is 0 Å². The number of ether oxygens (including phenoxy) is 1. The van der Waals surface area contributed by atoms with Gasteiger partial charge in [0.2, 0.25) is 0 Å². The summed E-state index contributed by atoms with van der Waals surface area (Å²) in [6.07, 6.45) is 0.721. The lowest BCUT2D eigenvalue weighted by atomic mass is 9.95. The standard InChI is InChI=1S/C24H28N2O4/c1-4-30-19-13-11-17(12-14-19)21-20(22(27)18-9-6-5-7-10-18)23(28)24(29)26(21)16-8-15-25(2)3/h5-7,9-14,21,27H,4,8,15-16H2,1-3H3/b22-20+/t21-/m1/s1. The van der Waals surface area contributed by atoms with Crippen LogP contribution in [0.25, 0.3) is 5.76 Å². The summed E-state index contributed by atoms with van der Waals surface area (Å²) in [5.41, 5.74) is 1.40. The van der Waals surface area contributed by atoms with Crippen molar-refractivity contribution in [2.45, 2.75) is 19.4 Å². The molecule has 6 nitrogen and oxygen atoms in total. The van der Waals surface area contributed by atoms with Crippen molar-refractivity contribution in [3.05, 3.63) is 71.3 Å². The Morgan fingerprint density at radius 1 is 1.07 bits per heavy atom. The molecule has 1 saturated heterocycles. The summed E-state index contributed by atoms with van der Waals surface area (Å²) in [4.78, 5) is 29.4. The van der Waals surface area contributed by atoms with Crippen molar-refractivity contribution in [2.24, 2.45) is 0 Å². The van der Waals surface area contributed by atoms with Crippen LogP contribution in [-0.2, 0) is 9.59 Å².